The molecular formula is C31H47NO3S. The molecule has 2 N–H and O–H groups in total. The van der Waals surface area contributed by atoms with Gasteiger partial charge in [0.25, 0.3) is 0 Å². The van der Waals surface area contributed by atoms with E-state index in [0.29, 0.717) is 60.1 Å². The quantitative estimate of drug-likeness (QED) is 0.440. The summed E-state index contributed by atoms with van der Waals surface area (Å²) in [7, 11) is 0. The molecular weight excluding hydrogens is 466 g/mol. The summed E-state index contributed by atoms with van der Waals surface area (Å²) >= 11 is 1.72. The highest BCUT2D eigenvalue weighted by molar-refractivity contribution is 7.10. The van der Waals surface area contributed by atoms with Gasteiger partial charge in [-0.15, -0.1) is 11.3 Å². The van der Waals surface area contributed by atoms with Gasteiger partial charge < -0.3 is 10.4 Å². The number of hydrogen-bond acceptors (Lipinski definition) is 4. The Balaban J connectivity index is 1.28. The average molecular weight is 514 g/mol. The summed E-state index contributed by atoms with van der Waals surface area (Å²) in [6.07, 6.45) is 8.23. The van der Waals surface area contributed by atoms with Gasteiger partial charge in [-0.3, -0.25) is 9.59 Å². The smallest absolute Gasteiger partial charge is 0.220 e. The number of ketones is 1. The molecule has 5 heteroatoms. The first-order valence-electron chi connectivity index (χ1n) is 14.6. The third kappa shape index (κ3) is 4.40. The van der Waals surface area contributed by atoms with Crippen LogP contribution in [0.5, 0.6) is 0 Å². The van der Waals surface area contributed by atoms with E-state index in [4.69, 9.17) is 0 Å². The van der Waals surface area contributed by atoms with Crippen molar-refractivity contribution in [2.75, 3.05) is 0 Å². The third-order valence-corrected chi connectivity index (χ3v) is 12.6. The van der Waals surface area contributed by atoms with Gasteiger partial charge in [-0.2, -0.15) is 0 Å². The second-order valence-electron chi connectivity index (χ2n) is 13.8. The zero-order valence-corrected chi connectivity index (χ0v) is 23.8. The molecule has 200 valence electrons. The maximum Gasteiger partial charge on any atom is 0.220 e. The van der Waals surface area contributed by atoms with Crippen LogP contribution >= 0.6 is 11.3 Å². The Morgan fingerprint density at radius 3 is 2.58 bits per heavy atom. The summed E-state index contributed by atoms with van der Waals surface area (Å²) in [6.45, 7) is 11.6. The molecule has 0 radical (unpaired) electrons. The Morgan fingerprint density at radius 2 is 1.89 bits per heavy atom. The molecule has 1 aromatic rings. The lowest BCUT2D eigenvalue weighted by Crippen LogP contribution is -2.58. The van der Waals surface area contributed by atoms with E-state index in [1.54, 1.807) is 11.3 Å². The number of Topliss-reactive ketones (excluding diaryl/α,β-unsaturated/α-hetero) is 1. The predicted molar refractivity (Wildman–Crippen MR) is 145 cm³/mol. The first-order valence-corrected chi connectivity index (χ1v) is 15.4. The fraction of sp³-hybridized carbons (Fsp3) is 0.806. The molecule has 4 saturated carbocycles. The van der Waals surface area contributed by atoms with Gasteiger partial charge >= 0.3 is 0 Å². The minimum absolute atomic E-state index is 0.0838. The van der Waals surface area contributed by atoms with Gasteiger partial charge in [0.15, 0.2) is 0 Å². The number of rotatable bonds is 6. The number of carbonyl (C=O) groups is 2. The SMILES string of the molecule is CC(C)[C@H](NC(=O)C[C@@H](C)C1CC[C@H]2[C@@H]3[C@H](O)C[C@@H]4CC(=O)CC[C@]4(C)[C@H]3CC[C@]12C)c1cccs1. The minimum atomic E-state index is -0.279. The van der Waals surface area contributed by atoms with Crippen LogP contribution in [-0.4, -0.2) is 22.9 Å². The Hall–Kier alpha value is -1.20. The lowest BCUT2D eigenvalue weighted by Gasteiger charge is -2.61. The van der Waals surface area contributed by atoms with Crippen molar-refractivity contribution in [1.82, 2.24) is 5.32 Å². The highest BCUT2D eigenvalue weighted by Crippen LogP contribution is 2.68. The Morgan fingerprint density at radius 1 is 1.14 bits per heavy atom. The van der Waals surface area contributed by atoms with E-state index in [9.17, 15) is 14.7 Å². The lowest BCUT2D eigenvalue weighted by molar-refractivity contribution is -0.169. The molecule has 0 aromatic carbocycles. The zero-order chi connectivity index (χ0) is 25.8. The van der Waals surface area contributed by atoms with Gasteiger partial charge in [-0.05, 0) is 102 Å². The van der Waals surface area contributed by atoms with Gasteiger partial charge in [0.2, 0.25) is 5.91 Å². The number of amides is 1. The molecule has 10 atom stereocenters. The Labute approximate surface area is 222 Å². The number of carbonyl (C=O) groups excluding carboxylic acids is 2. The van der Waals surface area contributed by atoms with Crippen LogP contribution in [0.4, 0.5) is 0 Å². The van der Waals surface area contributed by atoms with Crippen molar-refractivity contribution in [3.8, 4) is 0 Å². The molecule has 4 aliphatic rings. The largest absolute Gasteiger partial charge is 0.393 e. The monoisotopic (exact) mass is 513 g/mol. The van der Waals surface area contributed by atoms with Crippen molar-refractivity contribution >= 4 is 23.0 Å². The molecule has 0 bridgehead atoms. The van der Waals surface area contributed by atoms with Crippen molar-refractivity contribution in [2.45, 2.75) is 105 Å². The molecule has 1 unspecified atom stereocenters. The summed E-state index contributed by atoms with van der Waals surface area (Å²) in [5, 5.41) is 16.9. The van der Waals surface area contributed by atoms with Gasteiger partial charge in [0.05, 0.1) is 12.1 Å². The molecule has 0 saturated heterocycles. The molecule has 1 aromatic heterocycles. The standard InChI is InChI=1S/C31H47NO3S/c1-18(2)29(26-7-6-14-36-26)32-27(35)15-19(3)22-8-9-23-28-24(11-13-31(22,23)5)30(4)12-10-21(33)16-20(30)17-25(28)34/h6-7,14,18-20,22-25,28-29,34H,8-13,15-17H2,1-5H3,(H,32,35)/t19-,20+,22?,23+,24+,25-,28+,29+,30+,31-/m1/s1. The molecule has 4 aliphatic carbocycles. The molecule has 4 fully saturated rings. The van der Waals surface area contributed by atoms with Crippen molar-refractivity contribution in [3.63, 3.8) is 0 Å². The van der Waals surface area contributed by atoms with Crippen LogP contribution in [0.3, 0.4) is 0 Å². The number of fused-ring (bicyclic) bond motifs is 5. The lowest BCUT2D eigenvalue weighted by atomic mass is 9.44. The summed E-state index contributed by atoms with van der Waals surface area (Å²) < 4.78 is 0. The molecule has 0 spiro atoms. The van der Waals surface area contributed by atoms with Crippen molar-refractivity contribution in [1.29, 1.82) is 0 Å². The van der Waals surface area contributed by atoms with Gasteiger partial charge in [0.1, 0.15) is 5.78 Å². The molecule has 1 heterocycles. The highest BCUT2D eigenvalue weighted by atomic mass is 32.1. The Kier molecular flexibility index (Phi) is 7.22. The molecule has 1 amide bonds. The third-order valence-electron chi connectivity index (χ3n) is 11.6. The summed E-state index contributed by atoms with van der Waals surface area (Å²) in [5.74, 6) is 3.58. The number of thiophene rings is 1. The minimum Gasteiger partial charge on any atom is -0.393 e. The van der Waals surface area contributed by atoms with E-state index >= 15 is 0 Å². The molecule has 5 rings (SSSR count). The number of hydrogen-bond donors (Lipinski definition) is 2. The summed E-state index contributed by atoms with van der Waals surface area (Å²) in [4.78, 5) is 26.7. The average Bonchev–Trinajstić information content (AvgIpc) is 3.46. The maximum absolute atomic E-state index is 13.2. The normalized spacial score (nSPS) is 41.8. The number of nitrogens with one attached hydrogen (secondary N) is 1. The molecule has 0 aliphatic heterocycles. The predicted octanol–water partition coefficient (Wildman–Crippen LogP) is 6.79. The van der Waals surface area contributed by atoms with Crippen LogP contribution in [0.2, 0.25) is 0 Å². The fourth-order valence-corrected chi connectivity index (χ4v) is 10.6. The maximum atomic E-state index is 13.2. The number of aliphatic hydroxyl groups is 1. The second-order valence-corrected chi connectivity index (χ2v) is 14.7. The van der Waals surface area contributed by atoms with Gasteiger partial charge in [-0.25, -0.2) is 0 Å². The summed E-state index contributed by atoms with van der Waals surface area (Å²) in [5.41, 5.74) is 0.400. The van der Waals surface area contributed by atoms with Crippen LogP contribution in [0.25, 0.3) is 0 Å². The highest BCUT2D eigenvalue weighted by Gasteiger charge is 2.62. The van der Waals surface area contributed by atoms with Crippen LogP contribution in [0.15, 0.2) is 17.5 Å². The fourth-order valence-electron chi connectivity index (χ4n) is 9.69. The van der Waals surface area contributed by atoms with Crippen LogP contribution in [-0.2, 0) is 9.59 Å². The van der Waals surface area contributed by atoms with E-state index in [2.05, 4.69) is 57.4 Å². The van der Waals surface area contributed by atoms with E-state index in [1.165, 1.54) is 30.6 Å². The topological polar surface area (TPSA) is 66.4 Å². The Bertz CT molecular complexity index is 959. The van der Waals surface area contributed by atoms with Crippen LogP contribution < -0.4 is 5.32 Å². The molecule has 4 nitrogen and oxygen atoms in total. The van der Waals surface area contributed by atoms with Crippen LogP contribution in [0, 0.1) is 52.3 Å². The van der Waals surface area contributed by atoms with Crippen molar-refractivity contribution in [2.24, 2.45) is 52.3 Å². The first kappa shape index (κ1) is 26.4. The van der Waals surface area contributed by atoms with Crippen molar-refractivity contribution < 1.29 is 14.7 Å². The van der Waals surface area contributed by atoms with Gasteiger partial charge in [0, 0.05) is 24.1 Å². The van der Waals surface area contributed by atoms with Gasteiger partial charge in [-0.1, -0.05) is 40.7 Å². The zero-order valence-electron chi connectivity index (χ0n) is 23.0. The first-order chi connectivity index (χ1) is 17.0. The van der Waals surface area contributed by atoms with Crippen molar-refractivity contribution in [3.05, 3.63) is 22.4 Å². The van der Waals surface area contributed by atoms with E-state index < -0.39 is 0 Å². The van der Waals surface area contributed by atoms with Crippen LogP contribution in [0.1, 0.15) is 103 Å². The second kappa shape index (κ2) is 9.84. The summed E-state index contributed by atoms with van der Waals surface area (Å²) in [6, 6.07) is 4.27. The molecule has 36 heavy (non-hydrogen) atoms. The number of aliphatic hydroxyl groups excluding tert-OH is 1. The van der Waals surface area contributed by atoms with E-state index in [0.717, 1.165) is 19.3 Å². The van der Waals surface area contributed by atoms with E-state index in [-0.39, 0.29) is 28.9 Å². The van der Waals surface area contributed by atoms with E-state index in [1.807, 2.05) is 0 Å².